The van der Waals surface area contributed by atoms with Crippen molar-refractivity contribution in [1.29, 1.82) is 0 Å². The van der Waals surface area contributed by atoms with Crippen molar-refractivity contribution in [2.45, 2.75) is 6.08 Å². The van der Waals surface area contributed by atoms with Crippen LogP contribution < -0.4 is 9.47 Å². The van der Waals surface area contributed by atoms with Crippen LogP contribution in [0.5, 0.6) is 11.5 Å². The van der Waals surface area contributed by atoms with Crippen molar-refractivity contribution < 1.29 is 30.7 Å². The number of epoxide rings is 1. The number of rotatable bonds is 4. The van der Waals surface area contributed by atoms with Gasteiger partial charge in [-0.25, -0.2) is 0 Å². The monoisotopic (exact) mass is 192 g/mol. The Morgan fingerprint density at radius 3 is 3.31 bits per heavy atom. The second-order valence-corrected chi connectivity index (χ2v) is 2.00. The maximum atomic E-state index is 7.74. The molecular weight excluding hydrogens is 168 g/mol. The molecule has 0 aromatic heterocycles. The molecule has 1 aromatic carbocycles. The summed E-state index contributed by atoms with van der Waals surface area (Å²) in [5.74, 6) is -2.00. The average molecular weight is 192 g/mol. The van der Waals surface area contributed by atoms with Crippen molar-refractivity contribution in [3.8, 4) is 11.5 Å². The van der Waals surface area contributed by atoms with Gasteiger partial charge >= 0.3 is 0 Å². The van der Waals surface area contributed by atoms with Crippen molar-refractivity contribution in [1.82, 2.24) is 0 Å². The summed E-state index contributed by atoms with van der Waals surface area (Å²) < 4.78 is 103. The largest absolute Gasteiger partial charge is 0.493 e. The average Bonchev–Trinajstić information content (AvgIpc) is 2.98. The Hall–Kier alpha value is -1.22. The maximum Gasteiger partial charge on any atom is 0.161 e. The van der Waals surface area contributed by atoms with Crippen LogP contribution in [0.1, 0.15) is 16.4 Å². The van der Waals surface area contributed by atoms with Crippen LogP contribution in [0.3, 0.4) is 0 Å². The van der Waals surface area contributed by atoms with E-state index in [-0.39, 0.29) is 0 Å². The molecule has 1 saturated heterocycles. The van der Waals surface area contributed by atoms with Gasteiger partial charge < -0.3 is 14.2 Å². The summed E-state index contributed by atoms with van der Waals surface area (Å²) in [5.41, 5.74) is 0. The Kier molecular flexibility index (Phi) is 0.628. The highest BCUT2D eigenvalue weighted by molar-refractivity contribution is 5.39. The van der Waals surface area contributed by atoms with Gasteiger partial charge in [0.25, 0.3) is 0 Å². The summed E-state index contributed by atoms with van der Waals surface area (Å²) in [6.45, 7) is -5.92. The van der Waals surface area contributed by atoms with E-state index in [9.17, 15) is 0 Å². The zero-order valence-corrected chi connectivity index (χ0v) is 6.22. The fraction of sp³-hybridized carbons (Fsp3) is 0.400. The van der Waals surface area contributed by atoms with Crippen LogP contribution in [0.15, 0.2) is 24.2 Å². The number of benzene rings is 1. The highest BCUT2D eigenvalue weighted by atomic mass is 16.6. The summed E-state index contributed by atoms with van der Waals surface area (Å²) in [6, 6.07) is -3.57. The second-order valence-electron chi connectivity index (χ2n) is 2.00. The minimum Gasteiger partial charge on any atom is -0.493 e. The van der Waals surface area contributed by atoms with E-state index in [4.69, 9.17) is 21.2 Å². The molecule has 70 valence electrons. The molecule has 2 rings (SSSR count). The van der Waals surface area contributed by atoms with Gasteiger partial charge in [-0.2, -0.15) is 0 Å². The van der Waals surface area contributed by atoms with Crippen molar-refractivity contribution in [3.05, 3.63) is 24.2 Å². The molecule has 0 N–H and O–H groups in total. The zero-order valence-electron chi connectivity index (χ0n) is 18.2. The Morgan fingerprint density at radius 2 is 2.62 bits per heavy atom. The number of hydrogen-bond acceptors (Lipinski definition) is 3. The van der Waals surface area contributed by atoms with Crippen LogP contribution in [-0.2, 0) is 4.74 Å². The standard InChI is InChI=1S/C10H12O3/c1-11-9-4-2-3-5-10(9)13-7-8-6-12-8/h2-5,8H,6-7H2,1H3/i1D3,2D,3D,4D,5D,6D2,7D2,8D. The third-order valence-electron chi connectivity index (χ3n) is 1.17. The van der Waals surface area contributed by atoms with Crippen molar-refractivity contribution in [2.24, 2.45) is 0 Å². The Labute approximate surface area is 94.1 Å². The van der Waals surface area contributed by atoms with Gasteiger partial charge in [0, 0.05) is 0 Å². The van der Waals surface area contributed by atoms with Gasteiger partial charge in [0.2, 0.25) is 0 Å². The first kappa shape index (κ1) is 2.23. The quantitative estimate of drug-likeness (QED) is 0.677. The first-order valence-electron chi connectivity index (χ1n) is 9.22. The molecule has 1 aliphatic heterocycles. The minimum atomic E-state index is -3.22. The minimum absolute atomic E-state index is 0.837. The lowest BCUT2D eigenvalue weighted by Gasteiger charge is -2.08. The molecule has 13 heavy (non-hydrogen) atoms. The Bertz CT molecular complexity index is 714. The highest BCUT2D eigenvalue weighted by Gasteiger charge is 2.23. The smallest absolute Gasteiger partial charge is 0.161 e. The van der Waals surface area contributed by atoms with Crippen molar-refractivity contribution >= 4 is 0 Å². The van der Waals surface area contributed by atoms with E-state index in [1.54, 1.807) is 0 Å². The predicted octanol–water partition coefficient (Wildman–Crippen LogP) is 1.47. The van der Waals surface area contributed by atoms with Crippen LogP contribution in [0.2, 0.25) is 0 Å². The molecular formula is C10H12O3. The SMILES string of the molecule is [2H]c1c([2H])c([2H])c(OC([2H])([2H])C2([2H])OC2([2H])[2H])c(OC([2H])([2H])[2H])c1[2H]. The summed E-state index contributed by atoms with van der Waals surface area (Å²) in [4.78, 5) is 0. The van der Waals surface area contributed by atoms with Crippen LogP contribution in [0.25, 0.3) is 0 Å². The molecule has 1 aliphatic rings. The molecule has 3 heteroatoms. The topological polar surface area (TPSA) is 31.0 Å². The van der Waals surface area contributed by atoms with Gasteiger partial charge in [-0.15, -0.1) is 0 Å². The molecule has 0 saturated carbocycles. The molecule has 0 radical (unpaired) electrons. The van der Waals surface area contributed by atoms with Crippen molar-refractivity contribution in [2.75, 3.05) is 20.2 Å². The second kappa shape index (κ2) is 3.66. The van der Waals surface area contributed by atoms with Crippen LogP contribution >= 0.6 is 0 Å². The molecule has 1 fully saturated rings. The van der Waals surface area contributed by atoms with Crippen molar-refractivity contribution in [3.63, 3.8) is 0 Å². The normalized spacial score (nSPS) is 44.6. The van der Waals surface area contributed by atoms with E-state index in [0.717, 1.165) is 0 Å². The van der Waals surface area contributed by atoms with Gasteiger partial charge in [0.05, 0.1) is 30.0 Å². The lowest BCUT2D eigenvalue weighted by molar-refractivity contribution is 0.252. The van der Waals surface area contributed by atoms with Gasteiger partial charge in [0.15, 0.2) is 11.5 Å². The molecule has 1 atom stereocenters. The summed E-state index contributed by atoms with van der Waals surface area (Å²) in [7, 11) is -3.13. The number of ether oxygens (including phenoxy) is 3. The van der Waals surface area contributed by atoms with Crippen LogP contribution in [-0.4, -0.2) is 26.2 Å². The number of para-hydroxylation sites is 2. The molecule has 1 heterocycles. The predicted molar refractivity (Wildman–Crippen MR) is 48.2 cm³/mol. The first-order valence-corrected chi connectivity index (χ1v) is 3.22. The Balaban J connectivity index is 2.57. The van der Waals surface area contributed by atoms with Gasteiger partial charge in [-0.3, -0.25) is 0 Å². The van der Waals surface area contributed by atoms with E-state index < -0.39 is 61.9 Å². The fourth-order valence-corrected chi connectivity index (χ4v) is 0.598. The molecule has 0 aliphatic carbocycles. The molecule has 0 amide bonds. The van der Waals surface area contributed by atoms with Crippen LogP contribution in [0.4, 0.5) is 0 Å². The van der Waals surface area contributed by atoms with Gasteiger partial charge in [-0.1, -0.05) is 12.1 Å². The highest BCUT2D eigenvalue weighted by Crippen LogP contribution is 2.26. The lowest BCUT2D eigenvalue weighted by atomic mass is 10.3. The molecule has 0 spiro atoms. The fourth-order valence-electron chi connectivity index (χ4n) is 0.598. The molecule has 1 aromatic rings. The third-order valence-corrected chi connectivity index (χ3v) is 1.17. The Morgan fingerprint density at radius 1 is 1.85 bits per heavy atom. The maximum absolute atomic E-state index is 7.74. The molecule has 3 nitrogen and oxygen atoms in total. The summed E-state index contributed by atoms with van der Waals surface area (Å²) in [5, 5.41) is 0. The summed E-state index contributed by atoms with van der Waals surface area (Å²) >= 11 is 0. The molecule has 0 bridgehead atoms. The van der Waals surface area contributed by atoms with E-state index in [2.05, 4.69) is 9.47 Å². The number of methoxy groups -OCH3 is 1. The lowest BCUT2D eigenvalue weighted by Crippen LogP contribution is -2.04. The molecule has 1 unspecified atom stereocenters. The van der Waals surface area contributed by atoms with E-state index >= 15 is 0 Å². The van der Waals surface area contributed by atoms with E-state index in [1.807, 2.05) is 0 Å². The first-order chi connectivity index (χ1) is 11.0. The number of hydrogen-bond donors (Lipinski definition) is 0. The summed E-state index contributed by atoms with van der Waals surface area (Å²) in [6.07, 6.45) is -2.81. The van der Waals surface area contributed by atoms with E-state index in [1.165, 1.54) is 0 Å². The third kappa shape index (κ3) is 2.12. The van der Waals surface area contributed by atoms with Gasteiger partial charge in [-0.05, 0) is 12.1 Å². The van der Waals surface area contributed by atoms with Crippen LogP contribution in [0, 0.1) is 0 Å². The van der Waals surface area contributed by atoms with E-state index in [0.29, 0.717) is 0 Å². The zero-order chi connectivity index (χ0) is 19.6. The van der Waals surface area contributed by atoms with Gasteiger partial charge in [0.1, 0.15) is 12.6 Å².